The highest BCUT2D eigenvalue weighted by Gasteiger charge is 2.43. The number of esters is 1. The number of nitrogens with zero attached hydrogens (tertiary/aromatic N) is 2. The van der Waals surface area contributed by atoms with Gasteiger partial charge in [-0.25, -0.2) is 9.59 Å². The number of rotatable bonds is 22. The van der Waals surface area contributed by atoms with Gasteiger partial charge in [-0.1, -0.05) is 103 Å². The van der Waals surface area contributed by atoms with Gasteiger partial charge in [-0.3, -0.25) is 9.36 Å². The number of benzene rings is 1. The molecule has 1 amide bonds. The van der Waals surface area contributed by atoms with Crippen molar-refractivity contribution in [3.05, 3.63) is 58.1 Å². The summed E-state index contributed by atoms with van der Waals surface area (Å²) in [5.74, 6) is -1.01. The fourth-order valence-corrected chi connectivity index (χ4v) is 5.63. The Morgan fingerprint density at radius 3 is 1.83 bits per heavy atom. The number of carbonyl (C=O) groups is 2. The van der Waals surface area contributed by atoms with Gasteiger partial charge in [0.25, 0.3) is 5.91 Å². The third-order valence-electron chi connectivity index (χ3n) is 8.48. The molecule has 11 heteroatoms. The Morgan fingerprint density at radius 2 is 1.33 bits per heavy atom. The van der Waals surface area contributed by atoms with Gasteiger partial charge in [-0.15, -0.1) is 0 Å². The van der Waals surface area contributed by atoms with E-state index in [1.54, 1.807) is 0 Å². The van der Waals surface area contributed by atoms with Crippen LogP contribution in [0.25, 0.3) is 0 Å². The molecule has 0 spiro atoms. The van der Waals surface area contributed by atoms with Gasteiger partial charge in [0.05, 0.1) is 18.8 Å². The second-order valence-electron chi connectivity index (χ2n) is 12.2. The third kappa shape index (κ3) is 12.2. The summed E-state index contributed by atoms with van der Waals surface area (Å²) >= 11 is 0. The number of unbranched alkanes of at least 4 members (excludes halogenated alkanes) is 15. The molecule has 256 valence electrons. The first-order valence-electron chi connectivity index (χ1n) is 17.2. The van der Waals surface area contributed by atoms with E-state index in [-0.39, 0.29) is 11.4 Å². The molecule has 3 rings (SSSR count). The first-order valence-corrected chi connectivity index (χ1v) is 17.2. The van der Waals surface area contributed by atoms with Crippen molar-refractivity contribution >= 4 is 17.7 Å². The van der Waals surface area contributed by atoms with Crippen LogP contribution in [0, 0.1) is 0 Å². The predicted molar refractivity (Wildman–Crippen MR) is 176 cm³/mol. The van der Waals surface area contributed by atoms with Gasteiger partial charge >= 0.3 is 11.7 Å². The van der Waals surface area contributed by atoms with Gasteiger partial charge in [0.1, 0.15) is 24.1 Å². The average molecular weight is 644 g/mol. The molecule has 1 aromatic heterocycles. The molecule has 46 heavy (non-hydrogen) atoms. The maximum atomic E-state index is 12.7. The molecule has 1 aliphatic rings. The third-order valence-corrected chi connectivity index (χ3v) is 8.48. The zero-order valence-corrected chi connectivity index (χ0v) is 27.3. The maximum absolute atomic E-state index is 12.7. The van der Waals surface area contributed by atoms with Crippen molar-refractivity contribution in [1.29, 1.82) is 0 Å². The Hall–Kier alpha value is -3.12. The van der Waals surface area contributed by atoms with E-state index in [1.807, 2.05) is 0 Å². The maximum Gasteiger partial charge on any atom is 0.351 e. The molecule has 2 aromatic rings. The highest BCUT2D eigenvalue weighted by molar-refractivity contribution is 6.04. The van der Waals surface area contributed by atoms with E-state index in [1.165, 1.54) is 120 Å². The molecule has 0 unspecified atom stereocenters. The van der Waals surface area contributed by atoms with E-state index in [0.717, 1.165) is 23.8 Å². The van der Waals surface area contributed by atoms with Crippen molar-refractivity contribution in [1.82, 2.24) is 9.55 Å². The van der Waals surface area contributed by atoms with Crippen molar-refractivity contribution in [2.24, 2.45) is 0 Å². The Bertz CT molecular complexity index is 1240. The van der Waals surface area contributed by atoms with E-state index in [9.17, 15) is 29.7 Å². The van der Waals surface area contributed by atoms with Crippen molar-refractivity contribution in [3.8, 4) is 0 Å². The van der Waals surface area contributed by atoms with E-state index in [2.05, 4.69) is 17.2 Å². The topological polar surface area (TPSA) is 160 Å². The fourth-order valence-electron chi connectivity index (χ4n) is 5.63. The molecule has 0 aliphatic carbocycles. The van der Waals surface area contributed by atoms with E-state index >= 15 is 0 Å². The van der Waals surface area contributed by atoms with Crippen LogP contribution in [-0.2, 0) is 9.47 Å². The number of hydrogen-bond donors (Lipinski definition) is 4. The number of carbonyl (C=O) groups excluding carboxylic acids is 2. The van der Waals surface area contributed by atoms with Gasteiger partial charge in [0, 0.05) is 11.8 Å². The SMILES string of the molecule is CCCCCCCCCCCCCCCCCCOC(=O)c1ccc(C(=O)Nc2ccn([C@@H]3O[C@H](CO)[C@@H](O)[C@@H]3O)c(=O)n2)cc1. The van der Waals surface area contributed by atoms with Gasteiger partial charge in [0.2, 0.25) is 0 Å². The molecule has 2 heterocycles. The number of nitrogens with one attached hydrogen (secondary N) is 1. The Morgan fingerprint density at radius 1 is 0.804 bits per heavy atom. The molecule has 1 aliphatic heterocycles. The summed E-state index contributed by atoms with van der Waals surface area (Å²) in [7, 11) is 0. The minimum atomic E-state index is -1.43. The molecule has 1 saturated heterocycles. The second-order valence-corrected chi connectivity index (χ2v) is 12.2. The second kappa shape index (κ2) is 20.9. The lowest BCUT2D eigenvalue weighted by Gasteiger charge is -2.17. The lowest BCUT2D eigenvalue weighted by Crippen LogP contribution is -2.36. The first-order chi connectivity index (χ1) is 22.3. The minimum absolute atomic E-state index is 0.0275. The van der Waals surface area contributed by atoms with Crippen LogP contribution in [-0.4, -0.2) is 68.3 Å². The first kappa shape index (κ1) is 37.3. The summed E-state index contributed by atoms with van der Waals surface area (Å²) in [6.07, 6.45) is 16.7. The van der Waals surface area contributed by atoms with Crippen LogP contribution in [0.5, 0.6) is 0 Å². The molecule has 1 aromatic carbocycles. The quantitative estimate of drug-likeness (QED) is 0.0956. The molecule has 0 radical (unpaired) electrons. The highest BCUT2D eigenvalue weighted by atomic mass is 16.6. The minimum Gasteiger partial charge on any atom is -0.462 e. The van der Waals surface area contributed by atoms with Gasteiger partial charge < -0.3 is 30.1 Å². The number of hydrogen-bond acceptors (Lipinski definition) is 9. The zero-order valence-electron chi connectivity index (χ0n) is 27.3. The molecule has 0 bridgehead atoms. The number of ether oxygens (including phenoxy) is 2. The van der Waals surface area contributed by atoms with E-state index < -0.39 is 48.7 Å². The molecule has 4 N–H and O–H groups in total. The van der Waals surface area contributed by atoms with Gasteiger partial charge in [-0.05, 0) is 36.8 Å². The molecule has 0 saturated carbocycles. The Kier molecular flexibility index (Phi) is 17.0. The summed E-state index contributed by atoms with van der Waals surface area (Å²) in [4.78, 5) is 41.4. The van der Waals surface area contributed by atoms with Crippen LogP contribution in [0.1, 0.15) is 137 Å². The fraction of sp³-hybridized carbons (Fsp3) is 0.657. The van der Waals surface area contributed by atoms with Gasteiger partial charge in [0.15, 0.2) is 6.23 Å². The lowest BCUT2D eigenvalue weighted by molar-refractivity contribution is -0.0549. The van der Waals surface area contributed by atoms with Crippen LogP contribution in [0.4, 0.5) is 5.82 Å². The normalized spacial score (nSPS) is 19.3. The van der Waals surface area contributed by atoms with Crippen LogP contribution in [0.3, 0.4) is 0 Å². The highest BCUT2D eigenvalue weighted by Crippen LogP contribution is 2.28. The van der Waals surface area contributed by atoms with Crippen LogP contribution >= 0.6 is 0 Å². The Balaban J connectivity index is 1.26. The molecular formula is C35H53N3O8. The number of aromatic nitrogens is 2. The van der Waals surface area contributed by atoms with E-state index in [0.29, 0.717) is 12.2 Å². The monoisotopic (exact) mass is 643 g/mol. The molecule has 1 fully saturated rings. The standard InChI is InChI=1S/C35H53N3O8/c1-2-3-4-5-6-7-8-9-10-11-12-13-14-15-16-17-24-45-34(43)27-20-18-26(19-21-27)32(42)36-29-22-23-38(35(44)37-29)33-31(41)30(40)28(25-39)46-33/h18-23,28,30-31,33,39-41H,2-17,24-25H2,1H3,(H,36,37,42,44)/t28-,30-,31+,33-/m1/s1. The number of anilines is 1. The zero-order chi connectivity index (χ0) is 33.1. The van der Waals surface area contributed by atoms with Crippen molar-refractivity contribution in [2.45, 2.75) is 134 Å². The molecular weight excluding hydrogens is 590 g/mol. The predicted octanol–water partition coefficient (Wildman–Crippen LogP) is 5.53. The average Bonchev–Trinajstić information content (AvgIpc) is 3.35. The van der Waals surface area contributed by atoms with Crippen molar-refractivity contribution in [2.75, 3.05) is 18.5 Å². The lowest BCUT2D eigenvalue weighted by atomic mass is 10.0. The summed E-state index contributed by atoms with van der Waals surface area (Å²) in [5.41, 5.74) is -0.230. The number of aliphatic hydroxyl groups excluding tert-OH is 3. The number of aliphatic hydroxyl groups is 3. The van der Waals surface area contributed by atoms with E-state index in [4.69, 9.17) is 9.47 Å². The smallest absolute Gasteiger partial charge is 0.351 e. The summed E-state index contributed by atoms with van der Waals surface area (Å²) in [6.45, 7) is 2.09. The number of amides is 1. The van der Waals surface area contributed by atoms with Gasteiger partial charge in [-0.2, -0.15) is 4.98 Å². The summed E-state index contributed by atoms with van der Waals surface area (Å²) in [5, 5.41) is 31.8. The van der Waals surface area contributed by atoms with Crippen LogP contribution in [0.15, 0.2) is 41.3 Å². The van der Waals surface area contributed by atoms with Crippen LogP contribution in [0.2, 0.25) is 0 Å². The molecule has 4 atom stereocenters. The summed E-state index contributed by atoms with van der Waals surface area (Å²) < 4.78 is 11.7. The summed E-state index contributed by atoms with van der Waals surface area (Å²) in [6, 6.07) is 7.34. The largest absolute Gasteiger partial charge is 0.462 e. The van der Waals surface area contributed by atoms with Crippen LogP contribution < -0.4 is 11.0 Å². The molecule has 11 nitrogen and oxygen atoms in total. The Labute approximate surface area is 272 Å². The van der Waals surface area contributed by atoms with Crippen molar-refractivity contribution in [3.63, 3.8) is 0 Å². The van der Waals surface area contributed by atoms with Crippen molar-refractivity contribution < 1.29 is 34.4 Å².